The van der Waals surface area contributed by atoms with Crippen LogP contribution < -0.4 is 9.47 Å². The second kappa shape index (κ2) is 9.14. The van der Waals surface area contributed by atoms with Gasteiger partial charge in [-0.05, 0) is 70.2 Å². The maximum absolute atomic E-state index is 12.6. The lowest BCUT2D eigenvalue weighted by Crippen LogP contribution is -2.37. The molecule has 1 aliphatic heterocycles. The molecule has 2 amide bonds. The van der Waals surface area contributed by atoms with E-state index in [2.05, 4.69) is 0 Å². The van der Waals surface area contributed by atoms with Crippen LogP contribution in [0.5, 0.6) is 11.5 Å². The summed E-state index contributed by atoms with van der Waals surface area (Å²) in [6.45, 7) is 9.47. The molecule has 0 spiro atoms. The number of carbonyl (C=O) groups excluding carboxylic acids is 3. The molecular weight excluding hydrogens is 382 g/mol. The smallest absolute Gasteiger partial charge is 0.326 e. The minimum atomic E-state index is -0.688. The molecule has 2 rings (SSSR count). The van der Waals surface area contributed by atoms with E-state index in [1.165, 1.54) is 0 Å². The third-order valence-electron chi connectivity index (χ3n) is 3.45. The standard InChI is InChI=1S/C20H25NO6S/c1-6-25-14-9-8-13(10-15(14)26-7-2)11-16-18(23)21(19(24)28-16)12-17(22)27-20(3,4)5/h8-11H,6-7,12H2,1-5H3/b16-11+. The molecular formula is C20H25NO6S. The molecule has 0 radical (unpaired) electrons. The Morgan fingerprint density at radius 1 is 1.11 bits per heavy atom. The molecule has 0 aliphatic carbocycles. The summed E-state index contributed by atoms with van der Waals surface area (Å²) in [5.41, 5.74) is 0.00171. The Labute approximate surface area is 169 Å². The maximum Gasteiger partial charge on any atom is 0.326 e. The number of nitrogens with zero attached hydrogens (tertiary/aromatic N) is 1. The number of amides is 2. The van der Waals surface area contributed by atoms with Crippen molar-refractivity contribution in [3.8, 4) is 11.5 Å². The largest absolute Gasteiger partial charge is 0.490 e. The Kier molecular flexibility index (Phi) is 7.12. The minimum absolute atomic E-state index is 0.236. The molecule has 152 valence electrons. The van der Waals surface area contributed by atoms with Gasteiger partial charge in [0.25, 0.3) is 11.1 Å². The molecule has 1 heterocycles. The average molecular weight is 407 g/mol. The van der Waals surface area contributed by atoms with Crippen molar-refractivity contribution < 1.29 is 28.6 Å². The van der Waals surface area contributed by atoms with Crippen molar-refractivity contribution in [3.63, 3.8) is 0 Å². The van der Waals surface area contributed by atoms with Crippen LogP contribution >= 0.6 is 11.8 Å². The van der Waals surface area contributed by atoms with Gasteiger partial charge in [0.2, 0.25) is 0 Å². The van der Waals surface area contributed by atoms with E-state index in [1.54, 1.807) is 45.0 Å². The minimum Gasteiger partial charge on any atom is -0.490 e. The highest BCUT2D eigenvalue weighted by Gasteiger charge is 2.37. The third-order valence-corrected chi connectivity index (χ3v) is 4.35. The average Bonchev–Trinajstić information content (AvgIpc) is 2.83. The number of imide groups is 1. The summed E-state index contributed by atoms with van der Waals surface area (Å²) in [6, 6.07) is 5.27. The van der Waals surface area contributed by atoms with Crippen LogP contribution in [0.15, 0.2) is 23.1 Å². The highest BCUT2D eigenvalue weighted by Crippen LogP contribution is 2.34. The van der Waals surface area contributed by atoms with Crippen LogP contribution in [0, 0.1) is 0 Å². The van der Waals surface area contributed by atoms with E-state index >= 15 is 0 Å². The van der Waals surface area contributed by atoms with Crippen molar-refractivity contribution in [2.24, 2.45) is 0 Å². The molecule has 8 heteroatoms. The number of hydrogen-bond donors (Lipinski definition) is 0. The summed E-state index contributed by atoms with van der Waals surface area (Å²) >= 11 is 0.789. The molecule has 7 nitrogen and oxygen atoms in total. The number of rotatable bonds is 7. The van der Waals surface area contributed by atoms with Crippen molar-refractivity contribution in [3.05, 3.63) is 28.7 Å². The zero-order valence-corrected chi connectivity index (χ0v) is 17.6. The normalized spacial score (nSPS) is 15.9. The number of benzene rings is 1. The van der Waals surface area contributed by atoms with Crippen molar-refractivity contribution in [1.82, 2.24) is 4.90 Å². The molecule has 0 aromatic heterocycles. The molecule has 1 saturated heterocycles. The van der Waals surface area contributed by atoms with Gasteiger partial charge in [-0.3, -0.25) is 19.3 Å². The second-order valence-corrected chi connectivity index (χ2v) is 7.92. The van der Waals surface area contributed by atoms with E-state index < -0.39 is 29.3 Å². The molecule has 0 saturated carbocycles. The Morgan fingerprint density at radius 2 is 1.75 bits per heavy atom. The fraction of sp³-hybridized carbons (Fsp3) is 0.450. The van der Waals surface area contributed by atoms with E-state index in [0.717, 1.165) is 16.7 Å². The van der Waals surface area contributed by atoms with E-state index in [0.29, 0.717) is 30.3 Å². The van der Waals surface area contributed by atoms with Crippen LogP contribution in [0.4, 0.5) is 4.79 Å². The van der Waals surface area contributed by atoms with Gasteiger partial charge >= 0.3 is 5.97 Å². The van der Waals surface area contributed by atoms with Gasteiger partial charge in [0, 0.05) is 0 Å². The van der Waals surface area contributed by atoms with Gasteiger partial charge in [0.1, 0.15) is 12.1 Å². The first-order valence-electron chi connectivity index (χ1n) is 9.01. The Morgan fingerprint density at radius 3 is 2.36 bits per heavy atom. The summed E-state index contributed by atoms with van der Waals surface area (Å²) < 4.78 is 16.3. The van der Waals surface area contributed by atoms with E-state index in [9.17, 15) is 14.4 Å². The Hall–Kier alpha value is -2.48. The molecule has 1 aromatic rings. The SMILES string of the molecule is CCOc1ccc(/C=C2/SC(=O)N(CC(=O)OC(C)(C)C)C2=O)cc1OCC. The number of esters is 1. The van der Waals surface area contributed by atoms with Gasteiger partial charge in [-0.15, -0.1) is 0 Å². The van der Waals surface area contributed by atoms with Crippen LogP contribution in [-0.2, 0) is 14.3 Å². The van der Waals surface area contributed by atoms with Crippen molar-refractivity contribution in [1.29, 1.82) is 0 Å². The predicted octanol–water partition coefficient (Wildman–Crippen LogP) is 3.86. The first kappa shape index (κ1) is 21.8. The third kappa shape index (κ3) is 5.76. The summed E-state index contributed by atoms with van der Waals surface area (Å²) in [7, 11) is 0. The van der Waals surface area contributed by atoms with Gasteiger partial charge in [-0.2, -0.15) is 0 Å². The zero-order valence-electron chi connectivity index (χ0n) is 16.7. The summed E-state index contributed by atoms with van der Waals surface area (Å²) in [5.74, 6) is 0.0223. The molecule has 28 heavy (non-hydrogen) atoms. The van der Waals surface area contributed by atoms with Gasteiger partial charge in [0.05, 0.1) is 18.1 Å². The summed E-state index contributed by atoms with van der Waals surface area (Å²) in [4.78, 5) is 37.8. The van der Waals surface area contributed by atoms with Crippen molar-refractivity contribution >= 4 is 35.0 Å². The number of thioether (sulfide) groups is 1. The Balaban J connectivity index is 2.18. The lowest BCUT2D eigenvalue weighted by Gasteiger charge is -2.21. The van der Waals surface area contributed by atoms with Gasteiger partial charge in [-0.25, -0.2) is 0 Å². The predicted molar refractivity (Wildman–Crippen MR) is 107 cm³/mol. The zero-order chi connectivity index (χ0) is 20.9. The van der Waals surface area contributed by atoms with E-state index in [-0.39, 0.29) is 4.91 Å². The monoisotopic (exact) mass is 407 g/mol. The number of carbonyl (C=O) groups is 3. The molecule has 0 bridgehead atoms. The lowest BCUT2D eigenvalue weighted by molar-refractivity contribution is -0.156. The molecule has 1 aliphatic rings. The Bertz CT molecular complexity index is 796. The molecule has 0 N–H and O–H groups in total. The summed E-state index contributed by atoms with van der Waals surface area (Å²) in [5, 5.41) is -0.502. The van der Waals surface area contributed by atoms with Crippen molar-refractivity contribution in [2.75, 3.05) is 19.8 Å². The van der Waals surface area contributed by atoms with E-state index in [4.69, 9.17) is 14.2 Å². The fourth-order valence-corrected chi connectivity index (χ4v) is 3.29. The molecule has 1 aromatic carbocycles. The lowest BCUT2D eigenvalue weighted by atomic mass is 10.2. The molecule has 1 fully saturated rings. The van der Waals surface area contributed by atoms with Gasteiger partial charge < -0.3 is 14.2 Å². The van der Waals surface area contributed by atoms with Crippen LogP contribution in [-0.4, -0.2) is 47.4 Å². The van der Waals surface area contributed by atoms with E-state index in [1.807, 2.05) is 13.8 Å². The van der Waals surface area contributed by atoms with Crippen LogP contribution in [0.25, 0.3) is 6.08 Å². The second-order valence-electron chi connectivity index (χ2n) is 6.93. The number of ether oxygens (including phenoxy) is 3. The van der Waals surface area contributed by atoms with Gasteiger partial charge in [0.15, 0.2) is 11.5 Å². The van der Waals surface area contributed by atoms with Crippen molar-refractivity contribution in [2.45, 2.75) is 40.2 Å². The quantitative estimate of drug-likeness (QED) is 0.501. The maximum atomic E-state index is 12.6. The molecule has 0 unspecified atom stereocenters. The number of hydrogen-bond acceptors (Lipinski definition) is 7. The first-order valence-corrected chi connectivity index (χ1v) is 9.83. The topological polar surface area (TPSA) is 82.1 Å². The summed E-state index contributed by atoms with van der Waals surface area (Å²) in [6.07, 6.45) is 1.60. The van der Waals surface area contributed by atoms with Crippen LogP contribution in [0.1, 0.15) is 40.2 Å². The fourth-order valence-electron chi connectivity index (χ4n) is 2.45. The van der Waals surface area contributed by atoms with Crippen LogP contribution in [0.3, 0.4) is 0 Å². The highest BCUT2D eigenvalue weighted by atomic mass is 32.2. The van der Waals surface area contributed by atoms with Gasteiger partial charge in [-0.1, -0.05) is 6.07 Å². The first-order chi connectivity index (χ1) is 13.1. The molecule has 0 atom stereocenters. The highest BCUT2D eigenvalue weighted by molar-refractivity contribution is 8.18. The van der Waals surface area contributed by atoms with Crippen LogP contribution in [0.2, 0.25) is 0 Å².